The number of amides is 2. The molecule has 28 heavy (non-hydrogen) atoms. The average Bonchev–Trinajstić information content (AvgIpc) is 3.01. The van der Waals surface area contributed by atoms with Crippen molar-refractivity contribution in [1.82, 2.24) is 9.80 Å². The Morgan fingerprint density at radius 1 is 1.21 bits per heavy atom. The average molecular weight is 410 g/mol. The number of nitrogens with one attached hydrogen (secondary N) is 1. The molecule has 1 saturated heterocycles. The maximum atomic E-state index is 12.9. The highest BCUT2D eigenvalue weighted by Crippen LogP contribution is 2.18. The van der Waals surface area contributed by atoms with Crippen LogP contribution in [-0.4, -0.2) is 73.3 Å². The van der Waals surface area contributed by atoms with Gasteiger partial charge < -0.3 is 10.2 Å². The number of nitrogens with zero attached hydrogens (tertiary/aromatic N) is 2. The summed E-state index contributed by atoms with van der Waals surface area (Å²) in [6, 6.07) is 8.47. The minimum Gasteiger partial charge on any atom is -0.338 e. The molecule has 0 aliphatic carbocycles. The maximum absolute atomic E-state index is 12.9. The lowest BCUT2D eigenvalue weighted by Gasteiger charge is -2.32. The molecule has 1 heterocycles. The molecule has 0 spiro atoms. The molecule has 1 aromatic carbocycles. The largest absolute Gasteiger partial charge is 0.338 e. The van der Waals surface area contributed by atoms with Gasteiger partial charge in [0.25, 0.3) is 0 Å². The first-order valence-corrected chi connectivity index (χ1v) is 11.7. The van der Waals surface area contributed by atoms with E-state index < -0.39 is 15.9 Å². The van der Waals surface area contributed by atoms with E-state index in [-0.39, 0.29) is 35.9 Å². The van der Waals surface area contributed by atoms with Crippen LogP contribution in [0.1, 0.15) is 33.6 Å². The highest BCUT2D eigenvalue weighted by atomic mass is 32.2. The Bertz CT molecular complexity index is 767. The molecule has 2 rings (SSSR count). The van der Waals surface area contributed by atoms with E-state index in [9.17, 15) is 18.0 Å². The summed E-state index contributed by atoms with van der Waals surface area (Å²) < 4.78 is 23.6. The number of carbonyl (C=O) groups excluding carboxylic acids is 2. The predicted octanol–water partition coefficient (Wildman–Crippen LogP) is 1.76. The van der Waals surface area contributed by atoms with Gasteiger partial charge >= 0.3 is 0 Å². The van der Waals surface area contributed by atoms with Gasteiger partial charge in [-0.15, -0.1) is 0 Å². The first-order chi connectivity index (χ1) is 13.3. The van der Waals surface area contributed by atoms with Crippen molar-refractivity contribution in [3.8, 4) is 0 Å². The summed E-state index contributed by atoms with van der Waals surface area (Å²) in [6.07, 6.45) is 1.29. The van der Waals surface area contributed by atoms with Crippen LogP contribution < -0.4 is 5.32 Å². The van der Waals surface area contributed by atoms with Gasteiger partial charge in [-0.1, -0.05) is 25.1 Å². The Morgan fingerprint density at radius 3 is 2.43 bits per heavy atom. The maximum Gasteiger partial charge on any atom is 0.241 e. The van der Waals surface area contributed by atoms with Crippen molar-refractivity contribution in [2.24, 2.45) is 0 Å². The van der Waals surface area contributed by atoms with E-state index in [1.165, 1.54) is 0 Å². The molecule has 7 nitrogen and oxygen atoms in total. The fourth-order valence-electron chi connectivity index (χ4n) is 3.55. The molecule has 0 aromatic heterocycles. The van der Waals surface area contributed by atoms with Crippen LogP contribution >= 0.6 is 0 Å². The van der Waals surface area contributed by atoms with Crippen LogP contribution in [0.2, 0.25) is 0 Å². The Kier molecular flexibility index (Phi) is 8.00. The summed E-state index contributed by atoms with van der Waals surface area (Å²) in [6.45, 7) is 6.82. The summed E-state index contributed by atoms with van der Waals surface area (Å²) in [7, 11) is -3.06. The molecule has 0 radical (unpaired) electrons. The SMILES string of the molecule is CCCN(CC(=O)N(CC)C1CCS(=O)(=O)C1)C(C)C(=O)Nc1ccccc1. The second-order valence-corrected chi connectivity index (χ2v) is 9.47. The van der Waals surface area contributed by atoms with Gasteiger partial charge in [-0.3, -0.25) is 14.5 Å². The highest BCUT2D eigenvalue weighted by Gasteiger charge is 2.35. The highest BCUT2D eigenvalue weighted by molar-refractivity contribution is 7.91. The zero-order valence-electron chi connectivity index (χ0n) is 16.9. The zero-order chi connectivity index (χ0) is 20.7. The van der Waals surface area contributed by atoms with E-state index in [0.717, 1.165) is 6.42 Å². The third-order valence-corrected chi connectivity index (χ3v) is 6.88. The normalized spacial score (nSPS) is 19.4. The van der Waals surface area contributed by atoms with Gasteiger partial charge in [0.05, 0.1) is 24.1 Å². The molecular weight excluding hydrogens is 378 g/mol. The lowest BCUT2D eigenvalue weighted by Crippen LogP contribution is -2.50. The Balaban J connectivity index is 2.03. The minimum atomic E-state index is -3.06. The van der Waals surface area contributed by atoms with E-state index in [1.807, 2.05) is 49.1 Å². The van der Waals surface area contributed by atoms with Crippen LogP contribution in [0.25, 0.3) is 0 Å². The smallest absolute Gasteiger partial charge is 0.241 e. The summed E-state index contributed by atoms with van der Waals surface area (Å²) in [5.74, 6) is -0.128. The standard InChI is InChI=1S/C20H31N3O4S/c1-4-12-22(16(3)20(25)21-17-9-7-6-8-10-17)14-19(24)23(5-2)18-11-13-28(26,27)15-18/h6-10,16,18H,4-5,11-15H2,1-3H3,(H,21,25). The van der Waals surface area contributed by atoms with Crippen LogP contribution in [0.15, 0.2) is 30.3 Å². The van der Waals surface area contributed by atoms with Gasteiger partial charge in [0.2, 0.25) is 11.8 Å². The van der Waals surface area contributed by atoms with Gasteiger partial charge in [-0.25, -0.2) is 8.42 Å². The number of hydrogen-bond acceptors (Lipinski definition) is 5. The lowest BCUT2D eigenvalue weighted by molar-refractivity contribution is -0.135. The van der Waals surface area contributed by atoms with Gasteiger partial charge in [0.1, 0.15) is 0 Å². The van der Waals surface area contributed by atoms with Crippen molar-refractivity contribution in [1.29, 1.82) is 0 Å². The molecular formula is C20H31N3O4S. The van der Waals surface area contributed by atoms with Gasteiger partial charge in [0, 0.05) is 18.3 Å². The fraction of sp³-hybridized carbons (Fsp3) is 0.600. The van der Waals surface area contributed by atoms with E-state index in [4.69, 9.17) is 0 Å². The van der Waals surface area contributed by atoms with Crippen molar-refractivity contribution in [3.05, 3.63) is 30.3 Å². The topological polar surface area (TPSA) is 86.8 Å². The number of benzene rings is 1. The zero-order valence-corrected chi connectivity index (χ0v) is 17.7. The summed E-state index contributed by atoms with van der Waals surface area (Å²) in [5, 5.41) is 2.88. The summed E-state index contributed by atoms with van der Waals surface area (Å²) in [4.78, 5) is 29.0. The predicted molar refractivity (Wildman–Crippen MR) is 111 cm³/mol. The van der Waals surface area contributed by atoms with Gasteiger partial charge in [-0.2, -0.15) is 0 Å². The molecule has 1 aliphatic heterocycles. The van der Waals surface area contributed by atoms with Crippen LogP contribution in [0, 0.1) is 0 Å². The molecule has 1 aromatic rings. The van der Waals surface area contributed by atoms with Crippen molar-refractivity contribution >= 4 is 27.3 Å². The van der Waals surface area contributed by atoms with Gasteiger partial charge in [0.15, 0.2) is 9.84 Å². The van der Waals surface area contributed by atoms with Crippen molar-refractivity contribution in [2.45, 2.75) is 45.7 Å². The van der Waals surface area contributed by atoms with Gasteiger partial charge in [-0.05, 0) is 45.4 Å². The third-order valence-electron chi connectivity index (χ3n) is 5.13. The summed E-state index contributed by atoms with van der Waals surface area (Å²) >= 11 is 0. The summed E-state index contributed by atoms with van der Waals surface area (Å²) in [5.41, 5.74) is 0.716. The fourth-order valence-corrected chi connectivity index (χ4v) is 5.29. The number of sulfone groups is 1. The molecule has 0 bridgehead atoms. The van der Waals surface area contributed by atoms with Crippen LogP contribution in [-0.2, 0) is 19.4 Å². The Hall–Kier alpha value is -1.93. The second-order valence-electron chi connectivity index (χ2n) is 7.24. The molecule has 2 amide bonds. The lowest BCUT2D eigenvalue weighted by atomic mass is 10.2. The molecule has 1 N–H and O–H groups in total. The number of anilines is 1. The number of para-hydroxylation sites is 1. The number of likely N-dealkylation sites (N-methyl/N-ethyl adjacent to an activating group) is 1. The van der Waals surface area contributed by atoms with E-state index in [2.05, 4.69) is 5.32 Å². The van der Waals surface area contributed by atoms with Crippen molar-refractivity contribution in [2.75, 3.05) is 36.5 Å². The molecule has 8 heteroatoms. The van der Waals surface area contributed by atoms with E-state index in [1.54, 1.807) is 11.8 Å². The number of hydrogen-bond donors (Lipinski definition) is 1. The molecule has 1 aliphatic rings. The van der Waals surface area contributed by atoms with Crippen molar-refractivity contribution in [3.63, 3.8) is 0 Å². The van der Waals surface area contributed by atoms with Crippen LogP contribution in [0.3, 0.4) is 0 Å². The Labute approximate surface area is 168 Å². The molecule has 0 saturated carbocycles. The van der Waals surface area contributed by atoms with Crippen LogP contribution in [0.4, 0.5) is 5.69 Å². The molecule has 2 atom stereocenters. The number of rotatable bonds is 9. The van der Waals surface area contributed by atoms with E-state index >= 15 is 0 Å². The quantitative estimate of drug-likeness (QED) is 0.672. The molecule has 2 unspecified atom stereocenters. The van der Waals surface area contributed by atoms with E-state index in [0.29, 0.717) is 25.2 Å². The first kappa shape index (κ1) is 22.4. The monoisotopic (exact) mass is 409 g/mol. The Morgan fingerprint density at radius 2 is 1.89 bits per heavy atom. The van der Waals surface area contributed by atoms with Crippen molar-refractivity contribution < 1.29 is 18.0 Å². The minimum absolute atomic E-state index is 0.0321. The third kappa shape index (κ3) is 6.04. The number of carbonyl (C=O) groups is 2. The molecule has 156 valence electrons. The first-order valence-electron chi connectivity index (χ1n) is 9.87. The molecule has 1 fully saturated rings. The van der Waals surface area contributed by atoms with Crippen LogP contribution in [0.5, 0.6) is 0 Å². The second kappa shape index (κ2) is 10.0.